The molecule has 2 aliphatic rings. The molecule has 7 heteroatoms. The highest BCUT2D eigenvalue weighted by Gasteiger charge is 2.30. The largest absolute Gasteiger partial charge is 0.395 e. The van der Waals surface area contributed by atoms with Crippen molar-refractivity contribution >= 4 is 11.9 Å². The highest BCUT2D eigenvalue weighted by Crippen LogP contribution is 2.08. The van der Waals surface area contributed by atoms with Crippen LogP contribution >= 0.6 is 0 Å². The average Bonchev–Trinajstić information content (AvgIpc) is 2.76. The molecule has 0 aromatic rings. The van der Waals surface area contributed by atoms with Crippen molar-refractivity contribution in [1.29, 1.82) is 0 Å². The number of carbonyl (C=O) groups is 2. The lowest BCUT2D eigenvalue weighted by Crippen LogP contribution is -2.52. The quantitative estimate of drug-likeness (QED) is 0.613. The van der Waals surface area contributed by atoms with E-state index in [9.17, 15) is 9.59 Å². The summed E-state index contributed by atoms with van der Waals surface area (Å²) in [6.07, 6.45) is 0. The first kappa shape index (κ1) is 12.3. The third kappa shape index (κ3) is 2.74. The van der Waals surface area contributed by atoms with Crippen LogP contribution in [0.4, 0.5) is 4.79 Å². The van der Waals surface area contributed by atoms with Gasteiger partial charge in [0.1, 0.15) is 0 Å². The van der Waals surface area contributed by atoms with Crippen molar-refractivity contribution in [3.05, 3.63) is 0 Å². The second-order valence-corrected chi connectivity index (χ2v) is 4.16. The molecule has 7 nitrogen and oxygen atoms in total. The van der Waals surface area contributed by atoms with Crippen molar-refractivity contribution < 1.29 is 19.4 Å². The Morgan fingerprint density at radius 3 is 3.00 bits per heavy atom. The summed E-state index contributed by atoms with van der Waals surface area (Å²) < 4.78 is 5.23. The van der Waals surface area contributed by atoms with Gasteiger partial charge in [-0.25, -0.2) is 4.79 Å². The number of hydrogen-bond acceptors (Lipinski definition) is 5. The van der Waals surface area contributed by atoms with Gasteiger partial charge in [0.2, 0.25) is 5.91 Å². The van der Waals surface area contributed by atoms with Crippen LogP contribution in [0.25, 0.3) is 0 Å². The molecular formula is C10H17N3O4. The third-order valence-electron chi connectivity index (χ3n) is 3.06. The van der Waals surface area contributed by atoms with E-state index in [1.165, 1.54) is 4.90 Å². The topological polar surface area (TPSA) is 82.1 Å². The molecule has 0 aromatic carbocycles. The number of ether oxygens (including phenoxy) is 1. The number of aliphatic hydroxyl groups excluding tert-OH is 1. The smallest absolute Gasteiger partial charge is 0.324 e. The second-order valence-electron chi connectivity index (χ2n) is 4.16. The number of carbonyl (C=O) groups excluding carboxylic acids is 2. The predicted molar refractivity (Wildman–Crippen MR) is 58.4 cm³/mol. The molecule has 2 rings (SSSR count). The lowest BCUT2D eigenvalue weighted by atomic mass is 10.2. The maximum Gasteiger partial charge on any atom is 0.324 e. The molecule has 2 N–H and O–H groups in total. The standard InChI is InChI=1S/C10H17N3O4/c14-6-8-7-17-4-3-12(8)5-9(15)13-2-1-11-10(13)16/h8,14H,1-7H2,(H,11,16). The zero-order valence-corrected chi connectivity index (χ0v) is 9.59. The van der Waals surface area contributed by atoms with Crippen LogP contribution in [-0.2, 0) is 9.53 Å². The van der Waals surface area contributed by atoms with Crippen molar-refractivity contribution in [2.24, 2.45) is 0 Å². The van der Waals surface area contributed by atoms with Crippen LogP contribution in [0.3, 0.4) is 0 Å². The van der Waals surface area contributed by atoms with Crippen LogP contribution in [0, 0.1) is 0 Å². The Labute approximate surface area is 99.3 Å². The van der Waals surface area contributed by atoms with E-state index in [0.717, 1.165) is 0 Å². The van der Waals surface area contributed by atoms with Gasteiger partial charge in [0, 0.05) is 19.6 Å². The Morgan fingerprint density at radius 1 is 1.53 bits per heavy atom. The summed E-state index contributed by atoms with van der Waals surface area (Å²) in [7, 11) is 0. The minimum absolute atomic E-state index is 0.0422. The number of aliphatic hydroxyl groups is 1. The van der Waals surface area contributed by atoms with Crippen LogP contribution < -0.4 is 5.32 Å². The van der Waals surface area contributed by atoms with E-state index in [4.69, 9.17) is 9.84 Å². The molecule has 0 aliphatic carbocycles. The Kier molecular flexibility index (Phi) is 3.93. The zero-order valence-electron chi connectivity index (χ0n) is 9.59. The summed E-state index contributed by atoms with van der Waals surface area (Å²) in [6.45, 7) is 2.63. The van der Waals surface area contributed by atoms with Gasteiger partial charge in [0.25, 0.3) is 0 Å². The van der Waals surface area contributed by atoms with Gasteiger partial charge in [-0.05, 0) is 0 Å². The van der Waals surface area contributed by atoms with Crippen LogP contribution in [0.15, 0.2) is 0 Å². The van der Waals surface area contributed by atoms with Gasteiger partial charge in [-0.2, -0.15) is 0 Å². The van der Waals surface area contributed by atoms with Gasteiger partial charge in [-0.3, -0.25) is 14.6 Å². The molecule has 3 amide bonds. The molecule has 2 fully saturated rings. The van der Waals surface area contributed by atoms with E-state index in [2.05, 4.69) is 5.32 Å². The van der Waals surface area contributed by atoms with Crippen LogP contribution in [-0.4, -0.2) is 78.9 Å². The molecule has 0 aromatic heterocycles. The molecule has 2 heterocycles. The summed E-state index contributed by atoms with van der Waals surface area (Å²) in [4.78, 5) is 26.3. The molecule has 0 spiro atoms. The van der Waals surface area contributed by atoms with E-state index in [1.807, 2.05) is 4.90 Å². The fourth-order valence-corrected chi connectivity index (χ4v) is 2.03. The first-order valence-corrected chi connectivity index (χ1v) is 5.73. The number of amides is 3. The summed E-state index contributed by atoms with van der Waals surface area (Å²) in [5, 5.41) is 11.8. The maximum atomic E-state index is 11.9. The fourth-order valence-electron chi connectivity index (χ4n) is 2.03. The number of nitrogens with one attached hydrogen (secondary N) is 1. The molecule has 2 aliphatic heterocycles. The SMILES string of the molecule is O=C(CN1CCOCC1CO)N1CCNC1=O. The second kappa shape index (κ2) is 5.44. The third-order valence-corrected chi connectivity index (χ3v) is 3.06. The minimum atomic E-state index is -0.330. The summed E-state index contributed by atoms with van der Waals surface area (Å²) >= 11 is 0. The zero-order chi connectivity index (χ0) is 12.3. The number of nitrogens with zero attached hydrogens (tertiary/aromatic N) is 2. The van der Waals surface area contributed by atoms with Crippen LogP contribution in [0.1, 0.15) is 0 Å². The Bertz CT molecular complexity index is 310. The number of rotatable bonds is 3. The molecule has 1 atom stereocenters. The monoisotopic (exact) mass is 243 g/mol. The normalized spacial score (nSPS) is 26.1. The Morgan fingerprint density at radius 2 is 2.35 bits per heavy atom. The summed E-state index contributed by atoms with van der Waals surface area (Å²) in [5.41, 5.74) is 0. The van der Waals surface area contributed by atoms with E-state index in [-0.39, 0.29) is 31.1 Å². The van der Waals surface area contributed by atoms with Gasteiger partial charge in [0.15, 0.2) is 0 Å². The van der Waals surface area contributed by atoms with Crippen LogP contribution in [0.2, 0.25) is 0 Å². The van der Waals surface area contributed by atoms with Gasteiger partial charge >= 0.3 is 6.03 Å². The molecule has 0 bridgehead atoms. The highest BCUT2D eigenvalue weighted by molar-refractivity contribution is 5.96. The van der Waals surface area contributed by atoms with E-state index in [1.54, 1.807) is 0 Å². The molecule has 17 heavy (non-hydrogen) atoms. The molecule has 0 saturated carbocycles. The average molecular weight is 243 g/mol. The molecule has 0 radical (unpaired) electrons. The van der Waals surface area contributed by atoms with Crippen molar-refractivity contribution in [3.8, 4) is 0 Å². The number of hydrogen-bond donors (Lipinski definition) is 2. The van der Waals surface area contributed by atoms with Gasteiger partial charge in [-0.1, -0.05) is 0 Å². The maximum absolute atomic E-state index is 11.9. The lowest BCUT2D eigenvalue weighted by Gasteiger charge is -2.34. The van der Waals surface area contributed by atoms with Crippen molar-refractivity contribution in [3.63, 3.8) is 0 Å². The van der Waals surface area contributed by atoms with Crippen molar-refractivity contribution in [1.82, 2.24) is 15.1 Å². The fraction of sp³-hybridized carbons (Fsp3) is 0.800. The number of morpholine rings is 1. The minimum Gasteiger partial charge on any atom is -0.395 e. The molecule has 96 valence electrons. The van der Waals surface area contributed by atoms with Gasteiger partial charge < -0.3 is 15.2 Å². The van der Waals surface area contributed by atoms with Gasteiger partial charge in [-0.15, -0.1) is 0 Å². The van der Waals surface area contributed by atoms with Crippen molar-refractivity contribution in [2.45, 2.75) is 6.04 Å². The number of urea groups is 1. The molecule has 1 unspecified atom stereocenters. The molecular weight excluding hydrogens is 226 g/mol. The first-order valence-electron chi connectivity index (χ1n) is 5.73. The van der Waals surface area contributed by atoms with E-state index < -0.39 is 0 Å². The first-order chi connectivity index (χ1) is 8.22. The predicted octanol–water partition coefficient (Wildman–Crippen LogP) is -1.77. The van der Waals surface area contributed by atoms with E-state index in [0.29, 0.717) is 32.8 Å². The van der Waals surface area contributed by atoms with E-state index >= 15 is 0 Å². The van der Waals surface area contributed by atoms with Crippen LogP contribution in [0.5, 0.6) is 0 Å². The Balaban J connectivity index is 1.90. The summed E-state index contributed by atoms with van der Waals surface area (Å²) in [6, 6.07) is -0.484. The number of imide groups is 1. The lowest BCUT2D eigenvalue weighted by molar-refractivity contribution is -0.131. The summed E-state index contributed by atoms with van der Waals surface area (Å²) in [5.74, 6) is -0.222. The van der Waals surface area contributed by atoms with Gasteiger partial charge in [0.05, 0.1) is 32.4 Å². The Hall–Kier alpha value is -1.18. The van der Waals surface area contributed by atoms with Crippen molar-refractivity contribution in [2.75, 3.05) is 46.0 Å². The molecule has 2 saturated heterocycles. The highest BCUT2D eigenvalue weighted by atomic mass is 16.5.